The minimum absolute atomic E-state index is 0.185. The molecule has 7 heteroatoms. The highest BCUT2D eigenvalue weighted by atomic mass is 19.1. The van der Waals surface area contributed by atoms with Crippen LogP contribution in [0.25, 0.3) is 5.57 Å². The number of H-pyrrole nitrogens is 1. The van der Waals surface area contributed by atoms with Gasteiger partial charge in [-0.25, -0.2) is 4.39 Å². The van der Waals surface area contributed by atoms with Gasteiger partial charge in [0.25, 0.3) is 11.8 Å². The second-order valence-corrected chi connectivity index (χ2v) is 6.85. The number of halogens is 1. The fourth-order valence-electron chi connectivity index (χ4n) is 3.04. The lowest BCUT2D eigenvalue weighted by Crippen LogP contribution is -2.36. The summed E-state index contributed by atoms with van der Waals surface area (Å²) in [5, 5.41) is 6.80. The Morgan fingerprint density at radius 3 is 2.72 bits per heavy atom. The molecule has 1 aliphatic heterocycles. The quantitative estimate of drug-likeness (QED) is 0.875. The molecule has 1 aromatic heterocycles. The van der Waals surface area contributed by atoms with Crippen molar-refractivity contribution in [2.24, 2.45) is 5.73 Å². The summed E-state index contributed by atoms with van der Waals surface area (Å²) in [5.74, 6) is -1.36. The number of aromatic amines is 1. The van der Waals surface area contributed by atoms with Crippen LogP contribution in [0.15, 0.2) is 30.6 Å². The number of amides is 2. The van der Waals surface area contributed by atoms with Gasteiger partial charge < -0.3 is 10.6 Å². The Hall–Kier alpha value is -2.96. The number of carbonyl (C=O) groups excluding carboxylic acids is 2. The Morgan fingerprint density at radius 1 is 1.36 bits per heavy atom. The van der Waals surface area contributed by atoms with Gasteiger partial charge in [-0.2, -0.15) is 5.10 Å². The van der Waals surface area contributed by atoms with Gasteiger partial charge in [-0.15, -0.1) is 0 Å². The van der Waals surface area contributed by atoms with E-state index in [0.29, 0.717) is 23.4 Å². The normalized spacial score (nSPS) is 16.0. The first kappa shape index (κ1) is 16.9. The van der Waals surface area contributed by atoms with Crippen molar-refractivity contribution in [2.75, 3.05) is 6.54 Å². The van der Waals surface area contributed by atoms with E-state index < -0.39 is 11.3 Å². The van der Waals surface area contributed by atoms with Crippen LogP contribution in [0.3, 0.4) is 0 Å². The van der Waals surface area contributed by atoms with E-state index in [1.54, 1.807) is 13.1 Å². The van der Waals surface area contributed by atoms with Crippen molar-refractivity contribution >= 4 is 17.4 Å². The zero-order valence-electron chi connectivity index (χ0n) is 14.3. The molecule has 0 radical (unpaired) electrons. The van der Waals surface area contributed by atoms with Gasteiger partial charge in [-0.1, -0.05) is 13.8 Å². The number of primary amides is 1. The van der Waals surface area contributed by atoms with Crippen molar-refractivity contribution < 1.29 is 14.0 Å². The average Bonchev–Trinajstić information content (AvgIpc) is 2.99. The van der Waals surface area contributed by atoms with E-state index in [-0.39, 0.29) is 17.3 Å². The van der Waals surface area contributed by atoms with Crippen molar-refractivity contribution in [3.05, 3.63) is 58.8 Å². The number of aromatic nitrogens is 2. The van der Waals surface area contributed by atoms with E-state index >= 15 is 0 Å². The van der Waals surface area contributed by atoms with Crippen LogP contribution in [0.2, 0.25) is 0 Å². The molecule has 0 unspecified atom stereocenters. The number of hydrogen-bond acceptors (Lipinski definition) is 3. The van der Waals surface area contributed by atoms with Gasteiger partial charge >= 0.3 is 0 Å². The molecule has 3 N–H and O–H groups in total. The highest BCUT2D eigenvalue weighted by Gasteiger charge is 2.35. The second-order valence-electron chi connectivity index (χ2n) is 6.85. The van der Waals surface area contributed by atoms with Crippen molar-refractivity contribution in [3.63, 3.8) is 0 Å². The molecule has 2 amide bonds. The number of aryl methyl sites for hydroxylation is 1. The maximum atomic E-state index is 13.5. The number of rotatable bonds is 2. The van der Waals surface area contributed by atoms with Gasteiger partial charge in [-0.3, -0.25) is 14.7 Å². The number of hydrogen-bond donors (Lipinski definition) is 2. The van der Waals surface area contributed by atoms with Gasteiger partial charge in [0, 0.05) is 29.3 Å². The Bertz CT molecular complexity index is 898. The third-order valence-corrected chi connectivity index (χ3v) is 4.42. The van der Waals surface area contributed by atoms with Gasteiger partial charge in [0.05, 0.1) is 17.5 Å². The molecule has 0 atom stereocenters. The molecule has 6 nitrogen and oxygen atoms in total. The van der Waals surface area contributed by atoms with E-state index in [1.807, 2.05) is 13.8 Å². The maximum Gasteiger partial charge on any atom is 0.257 e. The number of fused-ring (bicyclic) bond motifs is 1. The van der Waals surface area contributed by atoms with Crippen LogP contribution < -0.4 is 5.73 Å². The standard InChI is InChI=1S/C18H19FN4O2/c1-10-6-11(4-5-14(10)19)17(25)23-8-12(16(20)24)15-13(7-21-22-15)18(2,3)9-23/h4-8H,9H2,1-3H3,(H2,20,24)(H,21,22). The van der Waals surface area contributed by atoms with E-state index in [9.17, 15) is 14.0 Å². The molecule has 0 aliphatic carbocycles. The first-order chi connectivity index (χ1) is 11.7. The van der Waals surface area contributed by atoms with Crippen LogP contribution in [-0.4, -0.2) is 33.5 Å². The molecular formula is C18H19FN4O2. The lowest BCUT2D eigenvalue weighted by atomic mass is 9.84. The molecule has 0 saturated heterocycles. The molecule has 1 aromatic carbocycles. The van der Waals surface area contributed by atoms with Gasteiger partial charge in [-0.05, 0) is 30.7 Å². The van der Waals surface area contributed by atoms with Crippen molar-refractivity contribution in [1.29, 1.82) is 0 Å². The Morgan fingerprint density at radius 2 is 2.08 bits per heavy atom. The molecule has 0 spiro atoms. The maximum absolute atomic E-state index is 13.5. The number of nitrogens with zero attached hydrogens (tertiary/aromatic N) is 2. The molecule has 1 aliphatic rings. The number of nitrogens with one attached hydrogen (secondary N) is 1. The molecule has 0 fully saturated rings. The molecule has 25 heavy (non-hydrogen) atoms. The van der Waals surface area contributed by atoms with Crippen molar-refractivity contribution in [3.8, 4) is 0 Å². The molecule has 0 saturated carbocycles. The van der Waals surface area contributed by atoms with Crippen LogP contribution in [0.4, 0.5) is 4.39 Å². The van der Waals surface area contributed by atoms with E-state index in [2.05, 4.69) is 10.2 Å². The SMILES string of the molecule is Cc1cc(C(=O)N2C=C(C(N)=O)c3[nH]ncc3C(C)(C)C2)ccc1F. The van der Waals surface area contributed by atoms with Gasteiger partial charge in [0.15, 0.2) is 0 Å². The minimum Gasteiger partial charge on any atom is -0.365 e. The van der Waals surface area contributed by atoms with Crippen molar-refractivity contribution in [1.82, 2.24) is 15.1 Å². The first-order valence-electron chi connectivity index (χ1n) is 7.83. The predicted molar refractivity (Wildman–Crippen MR) is 91.0 cm³/mol. The fraction of sp³-hybridized carbons (Fsp3) is 0.278. The van der Waals surface area contributed by atoms with E-state index in [4.69, 9.17) is 5.73 Å². The zero-order chi connectivity index (χ0) is 18.4. The Labute approximate surface area is 144 Å². The summed E-state index contributed by atoms with van der Waals surface area (Å²) in [6, 6.07) is 4.19. The number of nitrogens with two attached hydrogens (primary N) is 1. The minimum atomic E-state index is -0.656. The molecule has 2 aromatic rings. The summed E-state index contributed by atoms with van der Waals surface area (Å²) >= 11 is 0. The second kappa shape index (κ2) is 5.84. The number of carbonyl (C=O) groups is 2. The average molecular weight is 342 g/mol. The van der Waals surface area contributed by atoms with E-state index in [0.717, 1.165) is 5.56 Å². The number of benzene rings is 1. The third kappa shape index (κ3) is 2.93. The third-order valence-electron chi connectivity index (χ3n) is 4.42. The highest BCUT2D eigenvalue weighted by molar-refractivity contribution is 6.19. The molecular weight excluding hydrogens is 323 g/mol. The Balaban J connectivity index is 2.08. The molecule has 0 bridgehead atoms. The summed E-state index contributed by atoms with van der Waals surface area (Å²) in [7, 11) is 0. The predicted octanol–water partition coefficient (Wildman–Crippen LogP) is 2.12. The fourth-order valence-corrected chi connectivity index (χ4v) is 3.04. The largest absolute Gasteiger partial charge is 0.365 e. The smallest absolute Gasteiger partial charge is 0.257 e. The molecule has 130 valence electrons. The highest BCUT2D eigenvalue weighted by Crippen LogP contribution is 2.34. The van der Waals surface area contributed by atoms with Gasteiger partial charge in [0.1, 0.15) is 5.82 Å². The zero-order valence-corrected chi connectivity index (χ0v) is 14.3. The first-order valence-corrected chi connectivity index (χ1v) is 7.83. The summed E-state index contributed by atoms with van der Waals surface area (Å²) in [4.78, 5) is 26.3. The lowest BCUT2D eigenvalue weighted by Gasteiger charge is -2.28. The van der Waals surface area contributed by atoms with Crippen LogP contribution >= 0.6 is 0 Å². The molecule has 3 rings (SSSR count). The summed E-state index contributed by atoms with van der Waals surface area (Å²) < 4.78 is 13.5. The Kier molecular flexibility index (Phi) is 3.94. The topological polar surface area (TPSA) is 92.1 Å². The van der Waals surface area contributed by atoms with Crippen molar-refractivity contribution in [2.45, 2.75) is 26.2 Å². The van der Waals surface area contributed by atoms with Crippen LogP contribution in [0.1, 0.15) is 41.0 Å². The van der Waals surface area contributed by atoms with Crippen LogP contribution in [0.5, 0.6) is 0 Å². The molecule has 2 heterocycles. The monoisotopic (exact) mass is 342 g/mol. The van der Waals surface area contributed by atoms with Crippen LogP contribution in [0, 0.1) is 12.7 Å². The van der Waals surface area contributed by atoms with E-state index in [1.165, 1.54) is 29.3 Å². The summed E-state index contributed by atoms with van der Waals surface area (Å²) in [5.41, 5.74) is 7.28. The summed E-state index contributed by atoms with van der Waals surface area (Å²) in [6.07, 6.45) is 3.08. The van der Waals surface area contributed by atoms with Gasteiger partial charge in [0.2, 0.25) is 0 Å². The lowest BCUT2D eigenvalue weighted by molar-refractivity contribution is -0.112. The summed E-state index contributed by atoms with van der Waals surface area (Å²) in [6.45, 7) is 5.83. The van der Waals surface area contributed by atoms with Crippen LogP contribution in [-0.2, 0) is 10.2 Å².